The van der Waals surface area contributed by atoms with Gasteiger partial charge < -0.3 is 9.84 Å². The maximum absolute atomic E-state index is 14.8. The molecule has 0 radical (unpaired) electrons. The van der Waals surface area contributed by atoms with Gasteiger partial charge in [0.05, 0.1) is 11.3 Å². The van der Waals surface area contributed by atoms with E-state index in [4.69, 9.17) is 4.74 Å². The molecule has 5 nitrogen and oxygen atoms in total. The van der Waals surface area contributed by atoms with Crippen molar-refractivity contribution in [1.29, 1.82) is 0 Å². The average Bonchev–Trinajstić information content (AvgIpc) is 3.43. The lowest BCUT2D eigenvalue weighted by Gasteiger charge is -2.15. The number of pyridine rings is 1. The first-order valence-electron chi connectivity index (χ1n) is 9.67. The Hall–Kier alpha value is -2.96. The van der Waals surface area contributed by atoms with Crippen molar-refractivity contribution in [2.45, 2.75) is 52.6 Å². The summed E-state index contributed by atoms with van der Waals surface area (Å²) in [5, 5.41) is 9.62. The van der Waals surface area contributed by atoms with E-state index in [0.717, 1.165) is 24.1 Å². The number of carbonyl (C=O) groups is 1. The van der Waals surface area contributed by atoms with Gasteiger partial charge in [-0.05, 0) is 62.3 Å². The van der Waals surface area contributed by atoms with Crippen molar-refractivity contribution in [1.82, 2.24) is 9.38 Å². The van der Waals surface area contributed by atoms with Crippen LogP contribution in [0.25, 0.3) is 5.65 Å². The molecule has 7 heteroatoms. The molecule has 1 saturated carbocycles. The van der Waals surface area contributed by atoms with Crippen LogP contribution in [-0.2, 0) is 13.0 Å². The van der Waals surface area contributed by atoms with Gasteiger partial charge in [0.25, 0.3) is 0 Å². The van der Waals surface area contributed by atoms with Crippen LogP contribution in [0.1, 0.15) is 64.2 Å². The predicted octanol–water partition coefficient (Wildman–Crippen LogP) is 4.95. The van der Waals surface area contributed by atoms with Crippen molar-refractivity contribution in [3.63, 3.8) is 0 Å². The van der Waals surface area contributed by atoms with Gasteiger partial charge in [0.15, 0.2) is 17.1 Å². The number of hydrogen-bond donors (Lipinski definition) is 1. The van der Waals surface area contributed by atoms with E-state index in [0.29, 0.717) is 29.1 Å². The molecule has 1 aromatic carbocycles. The average molecular weight is 400 g/mol. The number of hydrogen-bond acceptors (Lipinski definition) is 3. The van der Waals surface area contributed by atoms with Gasteiger partial charge in [-0.15, -0.1) is 0 Å². The van der Waals surface area contributed by atoms with E-state index in [1.807, 2.05) is 13.8 Å². The fourth-order valence-electron chi connectivity index (χ4n) is 3.88. The Kier molecular flexibility index (Phi) is 4.76. The van der Waals surface area contributed by atoms with E-state index < -0.39 is 17.6 Å². The van der Waals surface area contributed by atoms with Gasteiger partial charge in [-0.1, -0.05) is 13.0 Å². The molecule has 29 heavy (non-hydrogen) atoms. The minimum Gasteiger partial charge on any atom is -0.485 e. The van der Waals surface area contributed by atoms with Crippen molar-refractivity contribution >= 4 is 11.6 Å². The summed E-state index contributed by atoms with van der Waals surface area (Å²) in [7, 11) is 0. The fraction of sp³-hybridized carbons (Fsp3) is 0.364. The monoisotopic (exact) mass is 400 g/mol. The summed E-state index contributed by atoms with van der Waals surface area (Å²) in [6, 6.07) is 4.52. The Bertz CT molecular complexity index is 1130. The lowest BCUT2D eigenvalue weighted by atomic mass is 10.1. The first kappa shape index (κ1) is 19.4. The van der Waals surface area contributed by atoms with E-state index in [2.05, 4.69) is 4.98 Å². The highest BCUT2D eigenvalue weighted by Crippen LogP contribution is 2.42. The standard InChI is InChI=1S/C22H22F2N2O3/c1-4-17-11(2)9-18(21-25-12(3)20(22(27)28)26(17)21)29-10-15-16(23)8-7-14(19(15)24)13-5-6-13/h7-9,13H,4-6,10H2,1-3H3,(H,27,28). The number of imidazole rings is 1. The molecule has 0 atom stereocenters. The van der Waals surface area contributed by atoms with E-state index >= 15 is 0 Å². The quantitative estimate of drug-likeness (QED) is 0.636. The molecular weight excluding hydrogens is 378 g/mol. The maximum Gasteiger partial charge on any atom is 0.354 e. The molecule has 0 bridgehead atoms. The molecule has 152 valence electrons. The first-order valence-corrected chi connectivity index (χ1v) is 9.67. The number of ether oxygens (including phenoxy) is 1. The summed E-state index contributed by atoms with van der Waals surface area (Å²) in [4.78, 5) is 16.1. The molecule has 0 unspecified atom stereocenters. The number of carboxylic acid groups (broad SMARTS) is 1. The van der Waals surface area contributed by atoms with E-state index in [1.54, 1.807) is 17.4 Å². The third-order valence-electron chi connectivity index (χ3n) is 5.49. The Labute approximate surface area is 167 Å². The van der Waals surface area contributed by atoms with Gasteiger partial charge in [-0.25, -0.2) is 18.6 Å². The minimum atomic E-state index is -1.09. The summed E-state index contributed by atoms with van der Waals surface area (Å²) < 4.78 is 36.4. The van der Waals surface area contributed by atoms with Gasteiger partial charge in [-0.2, -0.15) is 0 Å². The number of carboxylic acids is 1. The Morgan fingerprint density at radius 2 is 2.03 bits per heavy atom. The van der Waals surface area contributed by atoms with Crippen molar-refractivity contribution in [2.75, 3.05) is 0 Å². The highest BCUT2D eigenvalue weighted by Gasteiger charge is 2.29. The summed E-state index contributed by atoms with van der Waals surface area (Å²) in [6.07, 6.45) is 2.42. The molecule has 4 rings (SSSR count). The molecule has 2 heterocycles. The second-order valence-electron chi connectivity index (χ2n) is 7.49. The number of rotatable bonds is 6. The Morgan fingerprint density at radius 3 is 2.66 bits per heavy atom. The van der Waals surface area contributed by atoms with Crippen LogP contribution in [0.3, 0.4) is 0 Å². The van der Waals surface area contributed by atoms with Crippen LogP contribution in [0, 0.1) is 25.5 Å². The second-order valence-corrected chi connectivity index (χ2v) is 7.49. The Balaban J connectivity index is 1.77. The molecule has 0 amide bonds. The van der Waals surface area contributed by atoms with Gasteiger partial charge in [0.2, 0.25) is 0 Å². The van der Waals surface area contributed by atoms with Crippen molar-refractivity contribution in [3.8, 4) is 5.75 Å². The SMILES string of the molecule is CCc1c(C)cc(OCc2c(F)ccc(C3CC3)c2F)c2nc(C)c(C(=O)O)n12. The number of fused-ring (bicyclic) bond motifs is 1. The number of benzene rings is 1. The second kappa shape index (κ2) is 7.13. The van der Waals surface area contributed by atoms with Gasteiger partial charge >= 0.3 is 5.97 Å². The number of aromatic carboxylic acids is 1. The largest absolute Gasteiger partial charge is 0.485 e. The zero-order valence-electron chi connectivity index (χ0n) is 16.6. The molecule has 1 aliphatic rings. The number of halogens is 2. The number of nitrogens with zero attached hydrogens (tertiary/aromatic N) is 2. The smallest absolute Gasteiger partial charge is 0.354 e. The summed E-state index contributed by atoms with van der Waals surface area (Å²) in [6.45, 7) is 5.10. The topological polar surface area (TPSA) is 63.8 Å². The molecule has 2 aromatic heterocycles. The van der Waals surface area contributed by atoms with Gasteiger partial charge in [0, 0.05) is 5.69 Å². The molecule has 0 spiro atoms. The third-order valence-corrected chi connectivity index (χ3v) is 5.49. The van der Waals surface area contributed by atoms with E-state index in [9.17, 15) is 18.7 Å². The summed E-state index contributed by atoms with van der Waals surface area (Å²) >= 11 is 0. The lowest BCUT2D eigenvalue weighted by molar-refractivity contribution is 0.0688. The summed E-state index contributed by atoms with van der Waals surface area (Å²) in [5.74, 6) is -1.85. The van der Waals surface area contributed by atoms with Crippen LogP contribution in [0.15, 0.2) is 18.2 Å². The molecule has 3 aromatic rings. The van der Waals surface area contributed by atoms with Crippen molar-refractivity contribution in [3.05, 3.63) is 63.6 Å². The molecule has 0 saturated heterocycles. The Morgan fingerprint density at radius 1 is 1.31 bits per heavy atom. The van der Waals surface area contributed by atoms with E-state index in [1.165, 1.54) is 12.1 Å². The van der Waals surface area contributed by atoms with Crippen LogP contribution in [0.5, 0.6) is 5.75 Å². The fourth-order valence-corrected chi connectivity index (χ4v) is 3.88. The van der Waals surface area contributed by atoms with Crippen LogP contribution < -0.4 is 4.74 Å². The zero-order valence-corrected chi connectivity index (χ0v) is 16.6. The molecule has 1 N–H and O–H groups in total. The molecule has 1 aliphatic carbocycles. The van der Waals surface area contributed by atoms with Crippen molar-refractivity contribution in [2.24, 2.45) is 0 Å². The first-order chi connectivity index (χ1) is 13.8. The highest BCUT2D eigenvalue weighted by molar-refractivity contribution is 5.89. The van der Waals surface area contributed by atoms with Crippen molar-refractivity contribution < 1.29 is 23.4 Å². The van der Waals surface area contributed by atoms with Crippen LogP contribution >= 0.6 is 0 Å². The highest BCUT2D eigenvalue weighted by atomic mass is 19.1. The predicted molar refractivity (Wildman–Crippen MR) is 104 cm³/mol. The van der Waals surface area contributed by atoms with Crippen LogP contribution in [0.4, 0.5) is 8.78 Å². The summed E-state index contributed by atoms with van der Waals surface area (Å²) in [5.41, 5.74) is 2.79. The third kappa shape index (κ3) is 3.24. The van der Waals surface area contributed by atoms with Gasteiger partial charge in [0.1, 0.15) is 18.2 Å². The van der Waals surface area contributed by atoms with Crippen LogP contribution in [-0.4, -0.2) is 20.5 Å². The number of aryl methyl sites for hydroxylation is 3. The lowest BCUT2D eigenvalue weighted by Crippen LogP contribution is -2.10. The van der Waals surface area contributed by atoms with Gasteiger partial charge in [-0.3, -0.25) is 4.40 Å². The minimum absolute atomic E-state index is 0.0680. The molecule has 0 aliphatic heterocycles. The van der Waals surface area contributed by atoms with E-state index in [-0.39, 0.29) is 23.8 Å². The maximum atomic E-state index is 14.8. The normalized spacial score (nSPS) is 13.8. The number of aromatic nitrogens is 2. The zero-order chi connectivity index (χ0) is 20.9. The van der Waals surface area contributed by atoms with Crippen LogP contribution in [0.2, 0.25) is 0 Å². The molecular formula is C22H22F2N2O3. The molecule has 1 fully saturated rings.